The molecule has 0 aliphatic carbocycles. The van der Waals surface area contributed by atoms with Crippen molar-refractivity contribution >= 4 is 17.7 Å². The van der Waals surface area contributed by atoms with Gasteiger partial charge in [-0.2, -0.15) is 0 Å². The van der Waals surface area contributed by atoms with Crippen molar-refractivity contribution in [2.75, 3.05) is 24.7 Å². The Morgan fingerprint density at radius 2 is 2.47 bits per heavy atom. The molecule has 0 saturated carbocycles. The fourth-order valence-corrected chi connectivity index (χ4v) is 2.57. The number of ether oxygens (including phenoxy) is 1. The van der Waals surface area contributed by atoms with Crippen LogP contribution >= 0.6 is 11.8 Å². The van der Waals surface area contributed by atoms with Crippen LogP contribution in [0, 0.1) is 0 Å². The van der Waals surface area contributed by atoms with E-state index in [1.807, 2.05) is 6.92 Å². The molecule has 7 nitrogen and oxygen atoms in total. The summed E-state index contributed by atoms with van der Waals surface area (Å²) in [7, 11) is 0. The summed E-state index contributed by atoms with van der Waals surface area (Å²) in [5.41, 5.74) is 0. The number of thioether (sulfide) groups is 1. The zero-order valence-corrected chi connectivity index (χ0v) is 11.8. The number of carbonyl (C=O) groups excluding carboxylic acids is 1. The number of nitrogens with zero attached hydrogens (tertiary/aromatic N) is 3. The number of nitrogens with one attached hydrogen (secondary N) is 1. The van der Waals surface area contributed by atoms with Crippen LogP contribution in [0.4, 0.5) is 0 Å². The Labute approximate surface area is 116 Å². The van der Waals surface area contributed by atoms with E-state index in [4.69, 9.17) is 10.6 Å². The minimum Gasteiger partial charge on any atom is -0.376 e. The highest BCUT2D eigenvalue weighted by Gasteiger charge is 2.16. The number of amides is 1. The van der Waals surface area contributed by atoms with Crippen molar-refractivity contribution in [1.82, 2.24) is 20.2 Å². The van der Waals surface area contributed by atoms with Gasteiger partial charge in [-0.25, -0.2) is 4.68 Å². The number of carbonyl (C=O) groups is 1. The van der Waals surface area contributed by atoms with Gasteiger partial charge in [0, 0.05) is 19.6 Å². The fourth-order valence-electron chi connectivity index (χ4n) is 1.86. The zero-order valence-electron chi connectivity index (χ0n) is 11.0. The number of nitrogen functional groups attached to an aromatic ring is 1. The van der Waals surface area contributed by atoms with Gasteiger partial charge in [-0.15, -0.1) is 10.2 Å². The normalized spacial score (nSPS) is 18.7. The van der Waals surface area contributed by atoms with E-state index in [1.54, 1.807) is 0 Å². The molecule has 1 fully saturated rings. The highest BCUT2D eigenvalue weighted by atomic mass is 32.2. The summed E-state index contributed by atoms with van der Waals surface area (Å²) >= 11 is 1.29. The standard InChI is InChI=1S/C11H19N5O2S/c1-2-9-14-15-11(16(9)12)19-7-10(17)13-6-8-4-3-5-18-8/h8H,2-7,12H2,1H3,(H,13,17)/t8-/m0/s1. The first-order valence-corrected chi connectivity index (χ1v) is 7.39. The van der Waals surface area contributed by atoms with Crippen LogP contribution in [0.2, 0.25) is 0 Å². The average Bonchev–Trinajstić information content (AvgIpc) is 3.04. The lowest BCUT2D eigenvalue weighted by Crippen LogP contribution is -2.33. The molecule has 1 amide bonds. The van der Waals surface area contributed by atoms with Crippen molar-refractivity contribution < 1.29 is 9.53 Å². The van der Waals surface area contributed by atoms with E-state index in [-0.39, 0.29) is 17.8 Å². The van der Waals surface area contributed by atoms with Gasteiger partial charge in [-0.05, 0) is 12.8 Å². The second-order valence-electron chi connectivity index (χ2n) is 4.35. The first kappa shape index (κ1) is 14.1. The van der Waals surface area contributed by atoms with Gasteiger partial charge < -0.3 is 15.9 Å². The smallest absolute Gasteiger partial charge is 0.230 e. The van der Waals surface area contributed by atoms with Crippen LogP contribution in [0.15, 0.2) is 5.16 Å². The summed E-state index contributed by atoms with van der Waals surface area (Å²) in [6.07, 6.45) is 2.98. The number of hydrogen-bond acceptors (Lipinski definition) is 6. The molecule has 0 aromatic carbocycles. The summed E-state index contributed by atoms with van der Waals surface area (Å²) in [5, 5.41) is 11.3. The number of aromatic nitrogens is 3. The molecule has 2 rings (SSSR count). The minimum atomic E-state index is -0.0402. The minimum absolute atomic E-state index is 0.0402. The predicted molar refractivity (Wildman–Crippen MR) is 72.3 cm³/mol. The molecule has 3 N–H and O–H groups in total. The Hall–Kier alpha value is -1.28. The molecule has 1 aliphatic rings. The molecule has 0 bridgehead atoms. The summed E-state index contributed by atoms with van der Waals surface area (Å²) in [4.78, 5) is 11.7. The third-order valence-corrected chi connectivity index (χ3v) is 3.88. The lowest BCUT2D eigenvalue weighted by Gasteiger charge is -2.10. The van der Waals surface area contributed by atoms with Crippen LogP contribution in [0.1, 0.15) is 25.6 Å². The fraction of sp³-hybridized carbons (Fsp3) is 0.727. The van der Waals surface area contributed by atoms with E-state index in [0.717, 1.165) is 25.9 Å². The summed E-state index contributed by atoms with van der Waals surface area (Å²) in [6, 6.07) is 0. The number of hydrogen-bond donors (Lipinski definition) is 2. The average molecular weight is 285 g/mol. The van der Waals surface area contributed by atoms with Gasteiger partial charge in [0.15, 0.2) is 5.82 Å². The Bertz CT molecular complexity index is 431. The number of nitrogens with two attached hydrogens (primary N) is 1. The Kier molecular flexibility index (Phi) is 5.03. The third kappa shape index (κ3) is 3.84. The topological polar surface area (TPSA) is 95.1 Å². The Morgan fingerprint density at radius 3 is 3.11 bits per heavy atom. The van der Waals surface area contributed by atoms with E-state index in [0.29, 0.717) is 17.5 Å². The molecular weight excluding hydrogens is 266 g/mol. The molecule has 1 aromatic heterocycles. The summed E-state index contributed by atoms with van der Waals surface area (Å²) in [5.74, 6) is 6.75. The lowest BCUT2D eigenvalue weighted by atomic mass is 10.2. The van der Waals surface area contributed by atoms with Crippen LogP contribution in [-0.4, -0.2) is 45.8 Å². The quantitative estimate of drug-likeness (QED) is 0.562. The molecule has 1 aliphatic heterocycles. The first-order valence-electron chi connectivity index (χ1n) is 6.41. The monoisotopic (exact) mass is 285 g/mol. The van der Waals surface area contributed by atoms with Crippen molar-refractivity contribution in [3.05, 3.63) is 5.82 Å². The van der Waals surface area contributed by atoms with Gasteiger partial charge in [-0.1, -0.05) is 18.7 Å². The highest BCUT2D eigenvalue weighted by molar-refractivity contribution is 7.99. The molecule has 1 atom stereocenters. The van der Waals surface area contributed by atoms with Crippen LogP contribution in [0.5, 0.6) is 0 Å². The predicted octanol–water partition coefficient (Wildman–Crippen LogP) is -0.0584. The molecule has 19 heavy (non-hydrogen) atoms. The van der Waals surface area contributed by atoms with Gasteiger partial charge in [0.2, 0.25) is 11.1 Å². The maximum atomic E-state index is 11.7. The maximum absolute atomic E-state index is 11.7. The van der Waals surface area contributed by atoms with E-state index >= 15 is 0 Å². The largest absolute Gasteiger partial charge is 0.376 e. The van der Waals surface area contributed by atoms with Gasteiger partial charge in [0.1, 0.15) is 0 Å². The Balaban J connectivity index is 1.71. The van der Waals surface area contributed by atoms with Gasteiger partial charge in [-0.3, -0.25) is 4.79 Å². The molecular formula is C11H19N5O2S. The van der Waals surface area contributed by atoms with E-state index in [9.17, 15) is 4.79 Å². The second kappa shape index (κ2) is 6.76. The van der Waals surface area contributed by atoms with Crippen molar-refractivity contribution in [1.29, 1.82) is 0 Å². The van der Waals surface area contributed by atoms with Crippen LogP contribution in [0.3, 0.4) is 0 Å². The first-order chi connectivity index (χ1) is 9.20. The van der Waals surface area contributed by atoms with Gasteiger partial charge in [0.05, 0.1) is 11.9 Å². The highest BCUT2D eigenvalue weighted by Crippen LogP contribution is 2.14. The maximum Gasteiger partial charge on any atom is 0.230 e. The van der Waals surface area contributed by atoms with Crippen LogP contribution < -0.4 is 11.2 Å². The van der Waals surface area contributed by atoms with Crippen molar-refractivity contribution in [2.24, 2.45) is 0 Å². The van der Waals surface area contributed by atoms with Crippen molar-refractivity contribution in [2.45, 2.75) is 37.4 Å². The summed E-state index contributed by atoms with van der Waals surface area (Å²) < 4.78 is 6.86. The molecule has 0 radical (unpaired) electrons. The lowest BCUT2D eigenvalue weighted by molar-refractivity contribution is -0.119. The van der Waals surface area contributed by atoms with E-state index in [1.165, 1.54) is 16.4 Å². The zero-order chi connectivity index (χ0) is 13.7. The number of rotatable bonds is 6. The van der Waals surface area contributed by atoms with Crippen LogP contribution in [0.25, 0.3) is 0 Å². The SMILES string of the molecule is CCc1nnc(SCC(=O)NC[C@@H]2CCCO2)n1N. The molecule has 2 heterocycles. The molecule has 106 valence electrons. The van der Waals surface area contributed by atoms with Gasteiger partial charge >= 0.3 is 0 Å². The Morgan fingerprint density at radius 1 is 1.63 bits per heavy atom. The number of aryl methyl sites for hydroxylation is 1. The molecule has 0 unspecified atom stereocenters. The second-order valence-corrected chi connectivity index (χ2v) is 5.29. The molecule has 0 spiro atoms. The van der Waals surface area contributed by atoms with Gasteiger partial charge in [0.25, 0.3) is 0 Å². The summed E-state index contributed by atoms with van der Waals surface area (Å²) in [6.45, 7) is 3.33. The van der Waals surface area contributed by atoms with Crippen molar-refractivity contribution in [3.8, 4) is 0 Å². The molecule has 8 heteroatoms. The van der Waals surface area contributed by atoms with E-state index < -0.39 is 0 Å². The van der Waals surface area contributed by atoms with E-state index in [2.05, 4.69) is 15.5 Å². The van der Waals surface area contributed by atoms with Crippen LogP contribution in [-0.2, 0) is 16.0 Å². The third-order valence-electron chi connectivity index (χ3n) is 2.93. The molecule has 1 saturated heterocycles. The molecule has 1 aromatic rings. The van der Waals surface area contributed by atoms with Crippen molar-refractivity contribution in [3.63, 3.8) is 0 Å².